The molecule has 1 aromatic carbocycles. The van der Waals surface area contributed by atoms with E-state index in [1.54, 1.807) is 0 Å². The van der Waals surface area contributed by atoms with Crippen LogP contribution < -0.4 is 4.40 Å². The molecule has 3 heteroatoms. The molecular weight excluding hydrogens is 247 g/mol. The molecule has 0 aromatic heterocycles. The van der Waals surface area contributed by atoms with Crippen LogP contribution in [-0.2, 0) is 0 Å². The Morgan fingerprint density at radius 3 is 1.75 bits per heavy atom. The van der Waals surface area contributed by atoms with Crippen molar-refractivity contribution in [2.45, 2.75) is 0 Å². The van der Waals surface area contributed by atoms with Crippen molar-refractivity contribution in [2.75, 3.05) is 20.0 Å². The third-order valence-corrected chi connectivity index (χ3v) is 3.17. The topological polar surface area (TPSA) is 0 Å². The standard InChI is InChI=1S/C6H5ClGe.C3H9P/c7-8-6-4-2-1-3-5-6;1-4(2)3/h1-5H;1-3H3/p+1. The molecule has 0 bridgehead atoms. The molecule has 0 aliphatic heterocycles. The third-order valence-electron chi connectivity index (χ3n) is 0.883. The number of rotatable bonds is 1. The van der Waals surface area contributed by atoms with Crippen LogP contribution in [0.15, 0.2) is 30.3 Å². The van der Waals surface area contributed by atoms with Gasteiger partial charge in [0.25, 0.3) is 0 Å². The fourth-order valence-corrected chi connectivity index (χ4v) is 1.82. The maximum absolute atomic E-state index is 5.65. The van der Waals surface area contributed by atoms with Gasteiger partial charge in [-0.25, -0.2) is 0 Å². The molecule has 0 atom stereocenters. The Bertz CT molecular complexity index is 186. The van der Waals surface area contributed by atoms with Gasteiger partial charge in [-0.05, 0) is 7.92 Å². The monoisotopic (exact) mass is 263 g/mol. The van der Waals surface area contributed by atoms with Gasteiger partial charge >= 0.3 is 59.2 Å². The quantitative estimate of drug-likeness (QED) is 0.538. The van der Waals surface area contributed by atoms with Crippen LogP contribution in [0.25, 0.3) is 0 Å². The third kappa shape index (κ3) is 8.58. The van der Waals surface area contributed by atoms with Crippen LogP contribution in [0, 0.1) is 0 Å². The summed E-state index contributed by atoms with van der Waals surface area (Å²) in [5.74, 6) is 0. The summed E-state index contributed by atoms with van der Waals surface area (Å²) in [4.78, 5) is 0. The Morgan fingerprint density at radius 2 is 1.50 bits per heavy atom. The zero-order chi connectivity index (χ0) is 9.40. The van der Waals surface area contributed by atoms with E-state index in [4.69, 9.17) is 10.0 Å². The molecule has 0 nitrogen and oxygen atoms in total. The van der Waals surface area contributed by atoms with E-state index in [1.165, 1.54) is 4.40 Å². The molecule has 0 heterocycles. The first-order chi connectivity index (χ1) is 5.66. The molecule has 1 rings (SSSR count). The summed E-state index contributed by atoms with van der Waals surface area (Å²) >= 11 is -0.332. The minimum absolute atomic E-state index is 0.120. The summed E-state index contributed by atoms with van der Waals surface area (Å²) < 4.78 is 1.30. The molecule has 0 amide bonds. The molecule has 2 radical (unpaired) electrons. The number of hydrogen-bond acceptors (Lipinski definition) is 0. The molecule has 0 saturated carbocycles. The summed E-state index contributed by atoms with van der Waals surface area (Å²) in [5, 5.41) is 0. The van der Waals surface area contributed by atoms with Gasteiger partial charge in [0.1, 0.15) is 0 Å². The van der Waals surface area contributed by atoms with Crippen LogP contribution in [-0.4, -0.2) is 34.5 Å². The molecule has 12 heavy (non-hydrogen) atoms. The van der Waals surface area contributed by atoms with Crippen molar-refractivity contribution in [3.63, 3.8) is 0 Å². The number of halogens is 1. The minimum atomic E-state index is -0.332. The summed E-state index contributed by atoms with van der Waals surface area (Å²) in [6, 6.07) is 10.2. The number of hydrogen-bond donors (Lipinski definition) is 0. The average Bonchev–Trinajstić information content (AvgIpc) is 2.05. The Labute approximate surface area is 87.1 Å². The van der Waals surface area contributed by atoms with E-state index < -0.39 is 0 Å². The zero-order valence-corrected chi connectivity index (χ0v) is 11.6. The van der Waals surface area contributed by atoms with Gasteiger partial charge in [0.2, 0.25) is 0 Å². The predicted molar refractivity (Wildman–Crippen MR) is 63.8 cm³/mol. The molecule has 0 N–H and O–H groups in total. The van der Waals surface area contributed by atoms with Crippen molar-refractivity contribution in [2.24, 2.45) is 0 Å². The first kappa shape index (κ1) is 12.5. The van der Waals surface area contributed by atoms with Crippen molar-refractivity contribution < 1.29 is 0 Å². The fraction of sp³-hybridized carbons (Fsp3) is 0.333. The summed E-state index contributed by atoms with van der Waals surface area (Å²) in [6.45, 7) is 6.81. The van der Waals surface area contributed by atoms with Gasteiger partial charge in [0.15, 0.2) is 0 Å². The normalized spacial score (nSPS) is 9.08. The van der Waals surface area contributed by atoms with Crippen LogP contribution in [0.1, 0.15) is 0 Å². The Hall–Kier alpha value is 0.483. The Morgan fingerprint density at radius 1 is 1.08 bits per heavy atom. The summed E-state index contributed by atoms with van der Waals surface area (Å²) in [5.41, 5.74) is 0. The van der Waals surface area contributed by atoms with E-state index >= 15 is 0 Å². The van der Waals surface area contributed by atoms with E-state index in [0.29, 0.717) is 0 Å². The zero-order valence-electron chi connectivity index (χ0n) is 7.76. The van der Waals surface area contributed by atoms with Crippen LogP contribution in [0.5, 0.6) is 0 Å². The molecule has 0 unspecified atom stereocenters. The Balaban J connectivity index is 0.000000261. The molecule has 0 saturated heterocycles. The SMILES string of the molecule is C[PH+](C)C.[Cl][Ge][c]1ccccc1. The maximum atomic E-state index is 5.65. The van der Waals surface area contributed by atoms with E-state index in [0.717, 1.165) is 0 Å². The van der Waals surface area contributed by atoms with E-state index in [1.807, 2.05) is 18.2 Å². The second kappa shape index (κ2) is 8.10. The van der Waals surface area contributed by atoms with E-state index in [2.05, 4.69) is 32.1 Å². The van der Waals surface area contributed by atoms with Gasteiger partial charge in [0.05, 0.1) is 0 Å². The molecule has 66 valence electrons. The van der Waals surface area contributed by atoms with Crippen LogP contribution in [0.4, 0.5) is 0 Å². The van der Waals surface area contributed by atoms with Gasteiger partial charge in [-0.1, -0.05) is 0 Å². The fourth-order valence-electron chi connectivity index (χ4n) is 0.501. The van der Waals surface area contributed by atoms with Gasteiger partial charge in [-0.2, -0.15) is 0 Å². The van der Waals surface area contributed by atoms with Crippen LogP contribution >= 0.6 is 17.9 Å². The molecule has 0 aliphatic carbocycles. The van der Waals surface area contributed by atoms with Crippen molar-refractivity contribution in [1.29, 1.82) is 0 Å². The van der Waals surface area contributed by atoms with Crippen molar-refractivity contribution in [3.8, 4) is 0 Å². The average molecular weight is 262 g/mol. The van der Waals surface area contributed by atoms with E-state index in [-0.39, 0.29) is 22.4 Å². The van der Waals surface area contributed by atoms with Crippen molar-refractivity contribution >= 4 is 36.8 Å². The summed E-state index contributed by atoms with van der Waals surface area (Å²) in [7, 11) is 5.77. The number of benzene rings is 1. The van der Waals surface area contributed by atoms with Gasteiger partial charge < -0.3 is 0 Å². The summed E-state index contributed by atoms with van der Waals surface area (Å²) in [6.07, 6.45) is 0. The van der Waals surface area contributed by atoms with Gasteiger partial charge in [0, 0.05) is 20.0 Å². The van der Waals surface area contributed by atoms with Gasteiger partial charge in [-0.15, -0.1) is 0 Å². The van der Waals surface area contributed by atoms with Crippen molar-refractivity contribution in [3.05, 3.63) is 30.3 Å². The molecule has 0 spiro atoms. The molecule has 0 fully saturated rings. The first-order valence-corrected chi connectivity index (χ1v) is 10.7. The first-order valence-electron chi connectivity index (χ1n) is 3.85. The van der Waals surface area contributed by atoms with Gasteiger partial charge in [-0.3, -0.25) is 0 Å². The molecule has 0 aliphatic rings. The van der Waals surface area contributed by atoms with Crippen LogP contribution in [0.3, 0.4) is 0 Å². The molecule has 1 aromatic rings. The Kier molecular flexibility index (Phi) is 8.42. The van der Waals surface area contributed by atoms with E-state index in [9.17, 15) is 0 Å². The molecular formula is C9H15ClGeP+. The predicted octanol–water partition coefficient (Wildman–Crippen LogP) is 2.26. The van der Waals surface area contributed by atoms with Crippen molar-refractivity contribution in [1.82, 2.24) is 0 Å². The second-order valence-electron chi connectivity index (χ2n) is 2.96. The second-order valence-corrected chi connectivity index (χ2v) is 8.55. The van der Waals surface area contributed by atoms with Crippen LogP contribution in [0.2, 0.25) is 0 Å².